The zero-order valence-corrected chi connectivity index (χ0v) is 20.1. The molecule has 0 aliphatic carbocycles. The highest BCUT2D eigenvalue weighted by Gasteiger charge is 1.69. The molecule has 3 heterocycles. The van der Waals surface area contributed by atoms with Gasteiger partial charge in [-0.2, -0.15) is 15.3 Å². The van der Waals surface area contributed by atoms with Crippen molar-refractivity contribution >= 4 is 0 Å². The second kappa shape index (κ2) is 39.6. The number of aromatic nitrogens is 8. The van der Waals surface area contributed by atoms with E-state index in [0.717, 1.165) is 17.8 Å². The molecular weight excluding hydrogens is 412 g/mol. The highest BCUT2D eigenvalue weighted by Crippen LogP contribution is 1.82. The second-order valence-corrected chi connectivity index (χ2v) is 7.71. The van der Waals surface area contributed by atoms with Gasteiger partial charge in [-0.25, -0.2) is 4.98 Å². The average molecular weight is 465 g/mol. The van der Waals surface area contributed by atoms with Gasteiger partial charge in [0.05, 0.1) is 18.6 Å². The van der Waals surface area contributed by atoms with E-state index in [1.165, 1.54) is 12.5 Å². The summed E-state index contributed by atoms with van der Waals surface area (Å²) in [5.74, 6) is 2.50. The van der Waals surface area contributed by atoms with Gasteiger partial charge >= 0.3 is 0 Å². The molecule has 0 spiro atoms. The third kappa shape index (κ3) is 93.7. The molecule has 3 aromatic rings. The highest BCUT2D eigenvalue weighted by atomic mass is 15.3. The molecule has 0 bridgehead atoms. The average Bonchev–Trinajstić information content (AvgIpc) is 2.72. The van der Waals surface area contributed by atoms with Crippen molar-refractivity contribution in [3.8, 4) is 0 Å². The maximum Gasteiger partial charge on any atom is 0.138 e. The monoisotopic (exact) mass is 464 g/mol. The van der Waals surface area contributed by atoms with E-state index in [4.69, 9.17) is 0 Å². The van der Waals surface area contributed by atoms with Crippen LogP contribution in [0, 0.1) is 17.8 Å². The van der Waals surface area contributed by atoms with Crippen molar-refractivity contribution in [2.75, 3.05) is 0 Å². The van der Waals surface area contributed by atoms with Crippen LogP contribution in [0.3, 0.4) is 0 Å². The molecule has 0 radical (unpaired) electrons. The summed E-state index contributed by atoms with van der Waals surface area (Å²) >= 11 is 0. The fourth-order valence-corrected chi connectivity index (χ4v) is 0.663. The molecule has 8 heteroatoms. The van der Waals surface area contributed by atoms with Gasteiger partial charge in [-0.05, 0) is 41.2 Å². The Morgan fingerprint density at radius 2 is 0.727 bits per heavy atom. The first-order valence-corrected chi connectivity index (χ1v) is 10.1. The summed E-state index contributed by atoms with van der Waals surface area (Å²) < 4.78 is 0. The number of rotatable bonds is 0. The largest absolute Gasteiger partial charge is 0.241 e. The van der Waals surface area contributed by atoms with E-state index in [2.05, 4.69) is 103 Å². The van der Waals surface area contributed by atoms with Crippen molar-refractivity contribution in [3.63, 3.8) is 0 Å². The minimum Gasteiger partial charge on any atom is -0.241 e. The van der Waals surface area contributed by atoms with Crippen molar-refractivity contribution in [2.45, 2.75) is 84.6 Å². The van der Waals surface area contributed by atoms with Crippen molar-refractivity contribution in [1.82, 2.24) is 40.8 Å². The lowest BCUT2D eigenvalue weighted by Gasteiger charge is -1.79. The second-order valence-electron chi connectivity index (χ2n) is 7.71. The normalized spacial score (nSPS) is 7.64. The molecule has 8 nitrogen and oxygen atoms in total. The quantitative estimate of drug-likeness (QED) is 0.346. The minimum absolute atomic E-state index is 0. The molecule has 0 amide bonds. The molecule has 0 fully saturated rings. The molecular formula is C25H52N8. The summed E-state index contributed by atoms with van der Waals surface area (Å²) in [5, 5.41) is 24.1. The van der Waals surface area contributed by atoms with Crippen molar-refractivity contribution < 1.29 is 0 Å². The van der Waals surface area contributed by atoms with Crippen LogP contribution in [0.15, 0.2) is 61.7 Å². The molecule has 3 rings (SSSR count). The Balaban J connectivity index is -0.0000000659. The van der Waals surface area contributed by atoms with Crippen molar-refractivity contribution in [3.05, 3.63) is 61.7 Å². The topological polar surface area (TPSA) is 103 Å². The zero-order valence-electron chi connectivity index (χ0n) is 20.1. The van der Waals surface area contributed by atoms with Crippen LogP contribution in [0.5, 0.6) is 0 Å². The van der Waals surface area contributed by atoms with Gasteiger partial charge in [0.1, 0.15) is 6.33 Å². The van der Waals surface area contributed by atoms with Gasteiger partial charge in [-0.15, -0.1) is 15.3 Å². The molecule has 0 aromatic carbocycles. The fraction of sp³-hybridized carbons (Fsp3) is 0.600. The predicted molar refractivity (Wildman–Crippen MR) is 143 cm³/mol. The zero-order chi connectivity index (χ0) is 23.5. The molecule has 0 N–H and O–H groups in total. The van der Waals surface area contributed by atoms with Gasteiger partial charge in [0.25, 0.3) is 0 Å². The van der Waals surface area contributed by atoms with Crippen molar-refractivity contribution in [2.24, 2.45) is 17.8 Å². The summed E-state index contributed by atoms with van der Waals surface area (Å²) in [7, 11) is 0. The standard InChI is InChI=1S/C4H4N2.3C4H10.2C3H3N3.3CH4/c1-2-4-6-5-3-1;3*1-4(2)3;1-2-5-6-3-4-1;1-2-4-6-5-3-1;;;/h1-4H;3*4H,1-3H3;2*1-3H;3*1H4. The number of nitrogens with zero attached hydrogens (tertiary/aromatic N) is 8. The maximum absolute atomic E-state index is 3.61. The Labute approximate surface area is 205 Å². The lowest BCUT2D eigenvalue weighted by molar-refractivity contribution is 0.736. The Bertz CT molecular complexity index is 417. The van der Waals surface area contributed by atoms with E-state index in [9.17, 15) is 0 Å². The summed E-state index contributed by atoms with van der Waals surface area (Å²) in [5.41, 5.74) is 0. The van der Waals surface area contributed by atoms with Crippen LogP contribution in [-0.2, 0) is 0 Å². The first-order chi connectivity index (χ1) is 14.2. The SMILES string of the molecule is C.C.C.CC(C)C.CC(C)C.CC(C)C.c1ccnnc1.c1cnncn1.c1cnnnc1. The van der Waals surface area contributed by atoms with E-state index in [1.54, 1.807) is 37.1 Å². The third-order valence-electron chi connectivity index (χ3n) is 1.30. The molecule has 0 atom stereocenters. The molecule has 0 saturated heterocycles. The first kappa shape index (κ1) is 43.9. The van der Waals surface area contributed by atoms with Gasteiger partial charge in [0.2, 0.25) is 0 Å². The van der Waals surface area contributed by atoms with Crippen LogP contribution in [0.1, 0.15) is 84.6 Å². The minimum atomic E-state index is 0. The lowest BCUT2D eigenvalue weighted by Crippen LogP contribution is -1.78. The summed E-state index contributed by atoms with van der Waals surface area (Å²) in [6.07, 6.45) is 10.9. The lowest BCUT2D eigenvalue weighted by atomic mass is 10.3. The van der Waals surface area contributed by atoms with Crippen molar-refractivity contribution in [1.29, 1.82) is 0 Å². The molecule has 0 aliphatic rings. The Kier molecular flexibility index (Phi) is 52.6. The van der Waals surface area contributed by atoms with Gasteiger partial charge in [-0.1, -0.05) is 84.6 Å². The van der Waals surface area contributed by atoms with Crippen LogP contribution in [0.4, 0.5) is 0 Å². The smallest absolute Gasteiger partial charge is 0.138 e. The van der Waals surface area contributed by atoms with Gasteiger partial charge < -0.3 is 0 Å². The maximum atomic E-state index is 3.61. The van der Waals surface area contributed by atoms with Crippen LogP contribution in [0.25, 0.3) is 0 Å². The Morgan fingerprint density at radius 3 is 0.818 bits per heavy atom. The van der Waals surface area contributed by atoms with Gasteiger partial charge in [0, 0.05) is 18.6 Å². The number of hydrogen-bond donors (Lipinski definition) is 0. The molecule has 0 aliphatic heterocycles. The van der Waals surface area contributed by atoms with Gasteiger partial charge in [-0.3, -0.25) is 0 Å². The third-order valence-corrected chi connectivity index (χ3v) is 1.30. The predicted octanol–water partition coefficient (Wildman–Crippen LogP) is 7.12. The van der Waals surface area contributed by atoms with Crippen LogP contribution >= 0.6 is 0 Å². The molecule has 192 valence electrons. The Hall–Kier alpha value is -2.90. The fourth-order valence-electron chi connectivity index (χ4n) is 0.663. The molecule has 3 aromatic heterocycles. The molecule has 0 saturated carbocycles. The molecule has 0 unspecified atom stereocenters. The summed E-state index contributed by atoms with van der Waals surface area (Å²) in [6.45, 7) is 19.5. The first-order valence-electron chi connectivity index (χ1n) is 10.1. The van der Waals surface area contributed by atoms with Crippen LogP contribution in [0.2, 0.25) is 0 Å². The highest BCUT2D eigenvalue weighted by molar-refractivity contribution is 4.79. The van der Waals surface area contributed by atoms with E-state index < -0.39 is 0 Å². The summed E-state index contributed by atoms with van der Waals surface area (Å²) in [4.78, 5) is 3.61. The van der Waals surface area contributed by atoms with E-state index in [0.29, 0.717) is 0 Å². The van der Waals surface area contributed by atoms with Gasteiger partial charge in [0.15, 0.2) is 0 Å². The number of hydrogen-bond acceptors (Lipinski definition) is 8. The van der Waals surface area contributed by atoms with E-state index >= 15 is 0 Å². The van der Waals surface area contributed by atoms with Crippen LogP contribution in [-0.4, -0.2) is 40.8 Å². The Morgan fingerprint density at radius 1 is 0.394 bits per heavy atom. The summed E-state index contributed by atoms with van der Waals surface area (Å²) in [6, 6.07) is 5.37. The van der Waals surface area contributed by atoms with E-state index in [1.807, 2.05) is 12.1 Å². The van der Waals surface area contributed by atoms with E-state index in [-0.39, 0.29) is 22.3 Å². The van der Waals surface area contributed by atoms with Crippen LogP contribution < -0.4 is 0 Å². The molecule has 33 heavy (non-hydrogen) atoms.